The van der Waals surface area contributed by atoms with Crippen LogP contribution in [0.4, 0.5) is 4.39 Å². The van der Waals surface area contributed by atoms with Gasteiger partial charge in [0, 0.05) is 47.8 Å². The van der Waals surface area contributed by atoms with Crippen molar-refractivity contribution in [2.24, 2.45) is 0 Å². The van der Waals surface area contributed by atoms with Crippen LogP contribution in [0, 0.1) is 5.82 Å². The van der Waals surface area contributed by atoms with Crippen LogP contribution in [-0.4, -0.2) is 42.9 Å². The first-order chi connectivity index (χ1) is 17.0. The van der Waals surface area contributed by atoms with E-state index in [0.29, 0.717) is 27.5 Å². The molecule has 1 aliphatic rings. The number of methoxy groups -OCH3 is 1. The maximum Gasteiger partial charge on any atom is 0.181 e. The van der Waals surface area contributed by atoms with Crippen LogP contribution in [-0.2, 0) is 0 Å². The minimum atomic E-state index is -0.277. The van der Waals surface area contributed by atoms with Gasteiger partial charge in [0.2, 0.25) is 0 Å². The minimum Gasteiger partial charge on any atom is -0.493 e. The number of aromatic nitrogens is 1. The first kappa shape index (κ1) is 23.1. The molecule has 1 N–H and O–H groups in total. The van der Waals surface area contributed by atoms with Crippen LogP contribution in [0.2, 0.25) is 0 Å². The second-order valence-electron chi connectivity index (χ2n) is 8.28. The smallest absolute Gasteiger partial charge is 0.181 e. The predicted octanol–water partition coefficient (Wildman–Crippen LogP) is 5.31. The molecule has 0 atom stereocenters. The van der Waals surface area contributed by atoms with E-state index in [1.165, 1.54) is 24.5 Å². The molecule has 3 heterocycles. The van der Waals surface area contributed by atoms with Gasteiger partial charge in [0.15, 0.2) is 23.1 Å². The summed E-state index contributed by atoms with van der Waals surface area (Å²) in [5.74, 6) is 0.413. The van der Waals surface area contributed by atoms with Gasteiger partial charge >= 0.3 is 0 Å². The lowest BCUT2D eigenvalue weighted by Gasteiger charge is -2.28. The number of pyridine rings is 1. The summed E-state index contributed by atoms with van der Waals surface area (Å²) < 4.78 is 25.9. The molecule has 0 unspecified atom stereocenters. The number of thiophene rings is 1. The number of ether oxygens (including phenoxy) is 2. The molecule has 35 heavy (non-hydrogen) atoms. The Bertz CT molecular complexity index is 1410. The van der Waals surface area contributed by atoms with Crippen LogP contribution in [0.1, 0.15) is 33.7 Å². The van der Waals surface area contributed by atoms with Gasteiger partial charge in [-0.1, -0.05) is 18.2 Å². The number of Topliss-reactive ketones (excluding diaryl/α,β-unsaturated/α-hetero) is 2. The van der Waals surface area contributed by atoms with Crippen LogP contribution in [0.15, 0.2) is 60.0 Å². The van der Waals surface area contributed by atoms with Crippen LogP contribution in [0.25, 0.3) is 21.3 Å². The Hall–Kier alpha value is -3.62. The van der Waals surface area contributed by atoms with Crippen molar-refractivity contribution in [1.29, 1.82) is 0 Å². The SMILES string of the molecule is COc1cc(C(=O)CCC(=O)c2cccc(-c3csc4c(F)cccc34)n2)ccc1OC1CNC1. The highest BCUT2D eigenvalue weighted by Gasteiger charge is 2.21. The molecule has 6 nitrogen and oxygen atoms in total. The molecule has 8 heteroatoms. The molecule has 0 amide bonds. The van der Waals surface area contributed by atoms with Crippen molar-refractivity contribution in [1.82, 2.24) is 10.3 Å². The second-order valence-corrected chi connectivity index (χ2v) is 9.16. The van der Waals surface area contributed by atoms with Crippen LogP contribution in [0.3, 0.4) is 0 Å². The number of hydrogen-bond acceptors (Lipinski definition) is 7. The standard InChI is InChI=1S/C27H23FN2O4S/c1-33-26-12-16(8-11-25(26)34-17-13-29-14-17)23(31)9-10-24(32)22-7-3-6-21(30-22)19-15-35-27-18(19)4-2-5-20(27)28/h2-8,11-12,15,17,29H,9-10,13-14H2,1H3. The van der Waals surface area contributed by atoms with E-state index in [-0.39, 0.29) is 42.0 Å². The van der Waals surface area contributed by atoms with E-state index in [2.05, 4.69) is 10.3 Å². The van der Waals surface area contributed by atoms with Crippen molar-refractivity contribution in [3.8, 4) is 22.8 Å². The number of benzene rings is 2. The topological polar surface area (TPSA) is 77.5 Å². The number of nitrogens with zero attached hydrogens (tertiary/aromatic N) is 1. The van der Waals surface area contributed by atoms with E-state index in [1.54, 1.807) is 42.5 Å². The summed E-state index contributed by atoms with van der Waals surface area (Å²) in [6, 6.07) is 15.2. The van der Waals surface area contributed by atoms with Gasteiger partial charge in [-0.3, -0.25) is 9.59 Å². The fourth-order valence-electron chi connectivity index (χ4n) is 3.92. The molecule has 0 bridgehead atoms. The molecule has 2 aromatic carbocycles. The van der Waals surface area contributed by atoms with Gasteiger partial charge in [0.05, 0.1) is 17.5 Å². The maximum absolute atomic E-state index is 14.1. The number of halogens is 1. The summed E-state index contributed by atoms with van der Waals surface area (Å²) >= 11 is 1.31. The molecule has 0 spiro atoms. The quantitative estimate of drug-likeness (QED) is 0.321. The number of rotatable bonds is 9. The molecule has 1 saturated heterocycles. The Morgan fingerprint density at radius 3 is 2.63 bits per heavy atom. The number of nitrogens with one attached hydrogen (secondary N) is 1. The molecule has 0 aliphatic carbocycles. The van der Waals surface area contributed by atoms with Gasteiger partial charge in [-0.15, -0.1) is 11.3 Å². The third-order valence-electron chi connectivity index (χ3n) is 5.96. The monoisotopic (exact) mass is 490 g/mol. The van der Waals surface area contributed by atoms with Crippen LogP contribution >= 0.6 is 11.3 Å². The van der Waals surface area contributed by atoms with E-state index in [4.69, 9.17) is 9.47 Å². The fraction of sp³-hybridized carbons (Fsp3) is 0.222. The third-order valence-corrected chi connectivity index (χ3v) is 6.97. The number of ketones is 2. The van der Waals surface area contributed by atoms with Crippen molar-refractivity contribution in [3.05, 3.63) is 77.1 Å². The fourth-order valence-corrected chi connectivity index (χ4v) is 4.89. The Morgan fingerprint density at radius 1 is 1.06 bits per heavy atom. The van der Waals surface area contributed by atoms with Gasteiger partial charge in [-0.2, -0.15) is 0 Å². The van der Waals surface area contributed by atoms with Crippen molar-refractivity contribution in [3.63, 3.8) is 0 Å². The Morgan fingerprint density at radius 2 is 1.86 bits per heavy atom. The molecule has 2 aromatic heterocycles. The lowest BCUT2D eigenvalue weighted by molar-refractivity contribution is 0.0914. The van der Waals surface area contributed by atoms with Crippen LogP contribution < -0.4 is 14.8 Å². The normalized spacial score (nSPS) is 13.4. The maximum atomic E-state index is 14.1. The van der Waals surface area contributed by atoms with Gasteiger partial charge in [-0.05, 0) is 36.4 Å². The first-order valence-corrected chi connectivity index (χ1v) is 12.2. The molecular weight excluding hydrogens is 467 g/mol. The van der Waals surface area contributed by atoms with E-state index in [0.717, 1.165) is 24.0 Å². The van der Waals surface area contributed by atoms with E-state index >= 15 is 0 Å². The third kappa shape index (κ3) is 4.80. The van der Waals surface area contributed by atoms with E-state index < -0.39 is 0 Å². The zero-order chi connectivity index (χ0) is 24.4. The zero-order valence-electron chi connectivity index (χ0n) is 19.0. The molecule has 1 fully saturated rings. The number of carbonyl (C=O) groups is 2. The number of hydrogen-bond donors (Lipinski definition) is 1. The largest absolute Gasteiger partial charge is 0.493 e. The lowest BCUT2D eigenvalue weighted by Crippen LogP contribution is -2.50. The van der Waals surface area contributed by atoms with Gasteiger partial charge in [0.1, 0.15) is 17.6 Å². The summed E-state index contributed by atoms with van der Waals surface area (Å²) in [4.78, 5) is 30.1. The zero-order valence-corrected chi connectivity index (χ0v) is 19.9. The highest BCUT2D eigenvalue weighted by Crippen LogP contribution is 2.34. The van der Waals surface area contributed by atoms with Crippen molar-refractivity contribution >= 4 is 33.0 Å². The van der Waals surface area contributed by atoms with E-state index in [1.807, 2.05) is 11.4 Å². The number of fused-ring (bicyclic) bond motifs is 1. The molecular formula is C27H23FN2O4S. The summed E-state index contributed by atoms with van der Waals surface area (Å²) in [7, 11) is 1.53. The summed E-state index contributed by atoms with van der Waals surface area (Å²) in [6.45, 7) is 1.56. The van der Waals surface area contributed by atoms with Crippen molar-refractivity contribution in [2.45, 2.75) is 18.9 Å². The molecule has 4 aromatic rings. The average Bonchev–Trinajstić information content (AvgIpc) is 3.30. The Kier molecular flexibility index (Phi) is 6.57. The highest BCUT2D eigenvalue weighted by molar-refractivity contribution is 7.17. The van der Waals surface area contributed by atoms with Gasteiger partial charge in [0.25, 0.3) is 0 Å². The summed E-state index contributed by atoms with van der Waals surface area (Å²) in [5, 5.41) is 5.74. The van der Waals surface area contributed by atoms with Gasteiger partial charge < -0.3 is 14.8 Å². The molecule has 0 saturated carbocycles. The van der Waals surface area contributed by atoms with Crippen molar-refractivity contribution in [2.75, 3.05) is 20.2 Å². The van der Waals surface area contributed by atoms with E-state index in [9.17, 15) is 14.0 Å². The Labute approximate surface area is 205 Å². The van der Waals surface area contributed by atoms with Gasteiger partial charge in [-0.25, -0.2) is 9.37 Å². The molecule has 1 aliphatic heterocycles. The number of carbonyl (C=O) groups excluding carboxylic acids is 2. The first-order valence-electron chi connectivity index (χ1n) is 11.3. The minimum absolute atomic E-state index is 0.0304. The van der Waals surface area contributed by atoms with Crippen LogP contribution in [0.5, 0.6) is 11.5 Å². The second kappa shape index (κ2) is 9.93. The summed E-state index contributed by atoms with van der Waals surface area (Å²) in [5.41, 5.74) is 2.12. The Balaban J connectivity index is 1.27. The molecule has 5 rings (SSSR count). The average molecular weight is 491 g/mol. The van der Waals surface area contributed by atoms with Crippen molar-refractivity contribution < 1.29 is 23.5 Å². The predicted molar refractivity (Wildman–Crippen MR) is 133 cm³/mol. The molecule has 0 radical (unpaired) electrons. The molecule has 178 valence electrons. The summed E-state index contributed by atoms with van der Waals surface area (Å²) in [6.07, 6.45) is 0.174. The lowest BCUT2D eigenvalue weighted by atomic mass is 10.0. The highest BCUT2D eigenvalue weighted by atomic mass is 32.1.